The normalized spacial score (nSPS) is 10.8. The summed E-state index contributed by atoms with van der Waals surface area (Å²) in [6, 6.07) is 12.9. The van der Waals surface area contributed by atoms with Gasteiger partial charge in [-0.25, -0.2) is 4.39 Å². The Labute approximate surface area is 114 Å². The van der Waals surface area contributed by atoms with Crippen LogP contribution >= 0.6 is 0 Å². The standard InChI is InChI=1S/C16H12FNO2/c17-12-4-5-15-11(8-12)9-16(20-15)14(19)7-10-2-1-3-13(18)6-10/h1-6,8-9H,7,18H2. The van der Waals surface area contributed by atoms with E-state index in [9.17, 15) is 9.18 Å². The van der Waals surface area contributed by atoms with Crippen molar-refractivity contribution in [2.24, 2.45) is 0 Å². The molecule has 3 nitrogen and oxygen atoms in total. The van der Waals surface area contributed by atoms with E-state index in [0.29, 0.717) is 16.7 Å². The lowest BCUT2D eigenvalue weighted by molar-refractivity contribution is 0.0968. The van der Waals surface area contributed by atoms with E-state index in [4.69, 9.17) is 10.2 Å². The number of benzene rings is 2. The van der Waals surface area contributed by atoms with Gasteiger partial charge in [-0.3, -0.25) is 4.79 Å². The van der Waals surface area contributed by atoms with E-state index in [0.717, 1.165) is 5.56 Å². The molecule has 4 heteroatoms. The van der Waals surface area contributed by atoms with Crippen molar-refractivity contribution in [2.75, 3.05) is 5.73 Å². The highest BCUT2D eigenvalue weighted by Crippen LogP contribution is 2.21. The summed E-state index contributed by atoms with van der Waals surface area (Å²) < 4.78 is 18.5. The molecule has 20 heavy (non-hydrogen) atoms. The maximum absolute atomic E-state index is 13.1. The quantitative estimate of drug-likeness (QED) is 0.584. The first kappa shape index (κ1) is 12.4. The van der Waals surface area contributed by atoms with Crippen LogP contribution in [-0.2, 0) is 6.42 Å². The van der Waals surface area contributed by atoms with Crippen LogP contribution in [0.3, 0.4) is 0 Å². The van der Waals surface area contributed by atoms with Gasteiger partial charge in [0.2, 0.25) is 5.78 Å². The van der Waals surface area contributed by atoms with Crippen LogP contribution in [0.1, 0.15) is 16.1 Å². The summed E-state index contributed by atoms with van der Waals surface area (Å²) in [7, 11) is 0. The summed E-state index contributed by atoms with van der Waals surface area (Å²) in [5.74, 6) is -0.284. The fourth-order valence-corrected chi connectivity index (χ4v) is 2.13. The molecule has 0 amide bonds. The lowest BCUT2D eigenvalue weighted by Gasteiger charge is -2.00. The number of nitrogens with two attached hydrogens (primary N) is 1. The number of ketones is 1. The minimum atomic E-state index is -0.354. The van der Waals surface area contributed by atoms with Gasteiger partial charge in [-0.1, -0.05) is 12.1 Å². The Morgan fingerprint density at radius 2 is 2.00 bits per heavy atom. The molecular weight excluding hydrogens is 257 g/mol. The summed E-state index contributed by atoms with van der Waals surface area (Å²) in [4.78, 5) is 12.2. The number of Topliss-reactive ketones (excluding diaryl/α,β-unsaturated/α-hetero) is 1. The van der Waals surface area contributed by atoms with Gasteiger partial charge < -0.3 is 10.2 Å². The maximum Gasteiger partial charge on any atom is 0.202 e. The van der Waals surface area contributed by atoms with Gasteiger partial charge in [0.05, 0.1) is 0 Å². The number of halogens is 1. The third kappa shape index (κ3) is 2.40. The Balaban J connectivity index is 1.88. The number of furan rings is 1. The number of nitrogen functional groups attached to an aromatic ring is 1. The molecule has 0 aliphatic rings. The Bertz CT molecular complexity index is 792. The molecule has 0 saturated heterocycles. The van der Waals surface area contributed by atoms with Crippen molar-refractivity contribution in [3.05, 3.63) is 65.7 Å². The van der Waals surface area contributed by atoms with E-state index in [1.54, 1.807) is 24.3 Å². The summed E-state index contributed by atoms with van der Waals surface area (Å²) in [5, 5.41) is 0.584. The molecule has 0 radical (unpaired) electrons. The molecule has 100 valence electrons. The molecule has 0 aliphatic heterocycles. The first-order valence-electron chi connectivity index (χ1n) is 6.18. The number of hydrogen-bond acceptors (Lipinski definition) is 3. The second kappa shape index (κ2) is 4.81. The van der Waals surface area contributed by atoms with Gasteiger partial charge in [0.1, 0.15) is 11.4 Å². The van der Waals surface area contributed by atoms with Crippen molar-refractivity contribution in [2.45, 2.75) is 6.42 Å². The zero-order valence-electron chi connectivity index (χ0n) is 10.6. The van der Waals surface area contributed by atoms with Crippen LogP contribution in [0.5, 0.6) is 0 Å². The molecule has 0 atom stereocenters. The van der Waals surface area contributed by atoms with Gasteiger partial charge in [0, 0.05) is 17.5 Å². The zero-order valence-corrected chi connectivity index (χ0v) is 10.6. The average molecular weight is 269 g/mol. The zero-order chi connectivity index (χ0) is 14.1. The third-order valence-electron chi connectivity index (χ3n) is 3.07. The second-order valence-electron chi connectivity index (χ2n) is 4.64. The van der Waals surface area contributed by atoms with Gasteiger partial charge >= 0.3 is 0 Å². The monoisotopic (exact) mass is 269 g/mol. The molecule has 1 aromatic heterocycles. The minimum Gasteiger partial charge on any atom is -0.453 e. The first-order chi connectivity index (χ1) is 9.61. The molecule has 0 fully saturated rings. The highest BCUT2D eigenvalue weighted by Gasteiger charge is 2.13. The molecule has 1 heterocycles. The van der Waals surface area contributed by atoms with Crippen LogP contribution in [0.4, 0.5) is 10.1 Å². The molecule has 0 bridgehead atoms. The van der Waals surface area contributed by atoms with Crippen molar-refractivity contribution in [1.29, 1.82) is 0 Å². The van der Waals surface area contributed by atoms with Gasteiger partial charge in [-0.2, -0.15) is 0 Å². The summed E-state index contributed by atoms with van der Waals surface area (Å²) >= 11 is 0. The number of carbonyl (C=O) groups is 1. The van der Waals surface area contributed by atoms with E-state index >= 15 is 0 Å². The second-order valence-corrected chi connectivity index (χ2v) is 4.64. The van der Waals surface area contributed by atoms with Gasteiger partial charge in [0.15, 0.2) is 5.76 Å². The van der Waals surface area contributed by atoms with Gasteiger partial charge in [-0.05, 0) is 42.0 Å². The predicted octanol–water partition coefficient (Wildman–Crippen LogP) is 3.58. The first-order valence-corrected chi connectivity index (χ1v) is 6.18. The topological polar surface area (TPSA) is 56.2 Å². The minimum absolute atomic E-state index is 0.160. The number of anilines is 1. The van der Waals surface area contributed by atoms with Crippen LogP contribution in [0.25, 0.3) is 11.0 Å². The third-order valence-corrected chi connectivity index (χ3v) is 3.07. The van der Waals surface area contributed by atoms with E-state index in [-0.39, 0.29) is 23.8 Å². The molecule has 0 unspecified atom stereocenters. The molecule has 0 saturated carbocycles. The highest BCUT2D eigenvalue weighted by atomic mass is 19.1. The number of fused-ring (bicyclic) bond motifs is 1. The van der Waals surface area contributed by atoms with Crippen LogP contribution in [0.15, 0.2) is 52.9 Å². The lowest BCUT2D eigenvalue weighted by atomic mass is 10.1. The molecule has 0 spiro atoms. The van der Waals surface area contributed by atoms with Crippen molar-refractivity contribution >= 4 is 22.4 Å². The van der Waals surface area contributed by atoms with E-state index in [1.807, 2.05) is 6.07 Å². The SMILES string of the molecule is Nc1cccc(CC(=O)c2cc3cc(F)ccc3o2)c1. The van der Waals surface area contributed by atoms with Gasteiger partial charge in [0.25, 0.3) is 0 Å². The average Bonchev–Trinajstić information content (AvgIpc) is 2.81. The van der Waals surface area contributed by atoms with Gasteiger partial charge in [-0.15, -0.1) is 0 Å². The van der Waals surface area contributed by atoms with Crippen molar-refractivity contribution in [1.82, 2.24) is 0 Å². The smallest absolute Gasteiger partial charge is 0.202 e. The van der Waals surface area contributed by atoms with E-state index in [1.165, 1.54) is 18.2 Å². The summed E-state index contributed by atoms with van der Waals surface area (Å²) in [6.07, 6.45) is 0.202. The van der Waals surface area contributed by atoms with Crippen LogP contribution in [0, 0.1) is 5.82 Å². The Morgan fingerprint density at radius 1 is 1.15 bits per heavy atom. The molecule has 2 aromatic carbocycles. The van der Waals surface area contributed by atoms with Crippen LogP contribution in [0.2, 0.25) is 0 Å². The number of carbonyl (C=O) groups excluding carboxylic acids is 1. The van der Waals surface area contributed by atoms with Crippen molar-refractivity contribution in [3.63, 3.8) is 0 Å². The van der Waals surface area contributed by atoms with E-state index in [2.05, 4.69) is 0 Å². The lowest BCUT2D eigenvalue weighted by Crippen LogP contribution is -2.02. The molecule has 2 N–H and O–H groups in total. The number of rotatable bonds is 3. The highest BCUT2D eigenvalue weighted by molar-refractivity contribution is 5.98. The van der Waals surface area contributed by atoms with Crippen LogP contribution in [-0.4, -0.2) is 5.78 Å². The van der Waals surface area contributed by atoms with Crippen molar-refractivity contribution in [3.8, 4) is 0 Å². The fraction of sp³-hybridized carbons (Fsp3) is 0.0625. The Kier molecular flexibility index (Phi) is 2.99. The summed E-state index contributed by atoms with van der Waals surface area (Å²) in [5.41, 5.74) is 7.61. The Hall–Kier alpha value is -2.62. The van der Waals surface area contributed by atoms with E-state index < -0.39 is 0 Å². The predicted molar refractivity (Wildman–Crippen MR) is 75.1 cm³/mol. The molecular formula is C16H12FNO2. The fourth-order valence-electron chi connectivity index (χ4n) is 2.13. The maximum atomic E-state index is 13.1. The largest absolute Gasteiger partial charge is 0.453 e. The van der Waals surface area contributed by atoms with Crippen molar-refractivity contribution < 1.29 is 13.6 Å². The Morgan fingerprint density at radius 3 is 2.80 bits per heavy atom. The molecule has 3 rings (SSSR count). The molecule has 0 aliphatic carbocycles. The molecule has 3 aromatic rings. The number of hydrogen-bond donors (Lipinski definition) is 1. The van der Waals surface area contributed by atoms with Crippen LogP contribution < -0.4 is 5.73 Å². The summed E-state index contributed by atoms with van der Waals surface area (Å²) in [6.45, 7) is 0.